The number of benzene rings is 2. The first-order valence-electron chi connectivity index (χ1n) is 6.47. The van der Waals surface area contributed by atoms with Crippen molar-refractivity contribution in [2.24, 2.45) is 5.84 Å². The zero-order valence-electron chi connectivity index (χ0n) is 11.1. The summed E-state index contributed by atoms with van der Waals surface area (Å²) in [7, 11) is 0. The van der Waals surface area contributed by atoms with Crippen LogP contribution in [-0.4, -0.2) is 0 Å². The van der Waals surface area contributed by atoms with E-state index in [1.165, 1.54) is 11.1 Å². The number of nitrogens with two attached hydrogens (primary N) is 1. The third-order valence-electron chi connectivity index (χ3n) is 3.25. The molecule has 0 radical (unpaired) electrons. The normalized spacial score (nSPS) is 10.4. The molecular weight excluding hydrogens is 220 g/mol. The van der Waals surface area contributed by atoms with Gasteiger partial charge in [0.05, 0.1) is 11.4 Å². The first kappa shape index (κ1) is 12.7. The largest absolute Gasteiger partial charge is 0.280 e. The van der Waals surface area contributed by atoms with Crippen molar-refractivity contribution < 1.29 is 0 Å². The van der Waals surface area contributed by atoms with E-state index in [-0.39, 0.29) is 0 Å². The van der Waals surface area contributed by atoms with Crippen LogP contribution < -0.4 is 10.9 Å². The van der Waals surface area contributed by atoms with Crippen molar-refractivity contribution >= 4 is 11.4 Å². The Morgan fingerprint density at radius 3 is 1.33 bits per heavy atom. The smallest absolute Gasteiger partial charge is 0.0575 e. The minimum Gasteiger partial charge on any atom is -0.280 e. The van der Waals surface area contributed by atoms with Gasteiger partial charge in [-0.25, -0.2) is 5.84 Å². The highest BCUT2D eigenvalue weighted by atomic mass is 15.4. The minimum atomic E-state index is 1.01. The van der Waals surface area contributed by atoms with Crippen LogP contribution in [0.15, 0.2) is 48.5 Å². The predicted octanol–water partition coefficient (Wildman–Crippen LogP) is 3.82. The maximum atomic E-state index is 6.13. The second kappa shape index (κ2) is 5.69. The van der Waals surface area contributed by atoms with Crippen LogP contribution in [0.2, 0.25) is 0 Å². The van der Waals surface area contributed by atoms with Gasteiger partial charge in [0.25, 0.3) is 0 Å². The molecule has 0 heterocycles. The first-order valence-corrected chi connectivity index (χ1v) is 6.47. The number of nitrogens with zero attached hydrogens (tertiary/aromatic N) is 1. The molecule has 0 atom stereocenters. The van der Waals surface area contributed by atoms with Crippen molar-refractivity contribution in [2.45, 2.75) is 26.7 Å². The monoisotopic (exact) mass is 240 g/mol. The molecule has 0 aliphatic carbocycles. The summed E-state index contributed by atoms with van der Waals surface area (Å²) >= 11 is 0. The van der Waals surface area contributed by atoms with Gasteiger partial charge in [-0.05, 0) is 48.2 Å². The van der Waals surface area contributed by atoms with Gasteiger partial charge in [0.2, 0.25) is 0 Å². The highest BCUT2D eigenvalue weighted by Crippen LogP contribution is 2.22. The Labute approximate surface area is 109 Å². The summed E-state index contributed by atoms with van der Waals surface area (Å²) in [6.45, 7) is 4.30. The van der Waals surface area contributed by atoms with Crippen molar-refractivity contribution in [3.05, 3.63) is 59.7 Å². The Morgan fingerprint density at radius 1 is 0.722 bits per heavy atom. The molecule has 2 nitrogen and oxygen atoms in total. The van der Waals surface area contributed by atoms with E-state index in [0.717, 1.165) is 24.2 Å². The Morgan fingerprint density at radius 2 is 1.06 bits per heavy atom. The Bertz CT molecular complexity index is 438. The molecule has 94 valence electrons. The van der Waals surface area contributed by atoms with Gasteiger partial charge < -0.3 is 0 Å². The maximum Gasteiger partial charge on any atom is 0.0575 e. The average molecular weight is 240 g/mol. The van der Waals surface area contributed by atoms with Crippen molar-refractivity contribution in [3.8, 4) is 0 Å². The zero-order valence-corrected chi connectivity index (χ0v) is 11.1. The molecular formula is C16H20N2. The van der Waals surface area contributed by atoms with Crippen LogP contribution in [-0.2, 0) is 12.8 Å². The van der Waals surface area contributed by atoms with Gasteiger partial charge in [-0.15, -0.1) is 0 Å². The van der Waals surface area contributed by atoms with Crippen LogP contribution >= 0.6 is 0 Å². The topological polar surface area (TPSA) is 29.3 Å². The maximum absolute atomic E-state index is 6.13. The highest BCUT2D eigenvalue weighted by Gasteiger charge is 2.04. The molecule has 0 amide bonds. The van der Waals surface area contributed by atoms with Crippen molar-refractivity contribution in [2.75, 3.05) is 5.01 Å². The van der Waals surface area contributed by atoms with E-state index in [1.54, 1.807) is 5.01 Å². The minimum absolute atomic E-state index is 1.01. The fraction of sp³-hybridized carbons (Fsp3) is 0.250. The van der Waals surface area contributed by atoms with E-state index >= 15 is 0 Å². The van der Waals surface area contributed by atoms with Crippen LogP contribution in [0.25, 0.3) is 0 Å². The van der Waals surface area contributed by atoms with Crippen molar-refractivity contribution in [3.63, 3.8) is 0 Å². The highest BCUT2D eigenvalue weighted by molar-refractivity contribution is 5.61. The average Bonchev–Trinajstić information content (AvgIpc) is 2.47. The van der Waals surface area contributed by atoms with Gasteiger partial charge in [-0.3, -0.25) is 5.01 Å². The number of hydrogen-bond donors (Lipinski definition) is 1. The molecule has 0 unspecified atom stereocenters. The quantitative estimate of drug-likeness (QED) is 0.650. The molecule has 0 aliphatic rings. The second-order valence-electron chi connectivity index (χ2n) is 4.41. The van der Waals surface area contributed by atoms with E-state index in [9.17, 15) is 0 Å². The molecule has 0 saturated heterocycles. The molecule has 18 heavy (non-hydrogen) atoms. The van der Waals surface area contributed by atoms with Gasteiger partial charge in [0.15, 0.2) is 0 Å². The molecule has 0 bridgehead atoms. The fourth-order valence-corrected chi connectivity index (χ4v) is 1.93. The molecule has 0 saturated carbocycles. The summed E-state index contributed by atoms with van der Waals surface area (Å²) in [5.41, 5.74) is 4.68. The van der Waals surface area contributed by atoms with Crippen LogP contribution in [0.5, 0.6) is 0 Å². The molecule has 0 aromatic heterocycles. The predicted molar refractivity (Wildman–Crippen MR) is 78.0 cm³/mol. The summed E-state index contributed by atoms with van der Waals surface area (Å²) in [6, 6.07) is 16.7. The molecule has 2 aromatic rings. The van der Waals surface area contributed by atoms with Crippen molar-refractivity contribution in [1.82, 2.24) is 0 Å². The van der Waals surface area contributed by atoms with Gasteiger partial charge >= 0.3 is 0 Å². The third kappa shape index (κ3) is 2.71. The van der Waals surface area contributed by atoms with E-state index < -0.39 is 0 Å². The Hall–Kier alpha value is -1.80. The summed E-state index contributed by atoms with van der Waals surface area (Å²) in [5.74, 6) is 6.13. The van der Waals surface area contributed by atoms with E-state index in [1.807, 2.05) is 0 Å². The lowest BCUT2D eigenvalue weighted by Gasteiger charge is -2.19. The van der Waals surface area contributed by atoms with Crippen LogP contribution in [0.3, 0.4) is 0 Å². The molecule has 2 N–H and O–H groups in total. The molecule has 0 spiro atoms. The SMILES string of the molecule is CCc1ccc(N(N)c2ccc(CC)cc2)cc1. The second-order valence-corrected chi connectivity index (χ2v) is 4.41. The molecule has 2 aromatic carbocycles. The number of hydrazine groups is 1. The lowest BCUT2D eigenvalue weighted by atomic mass is 10.1. The molecule has 0 fully saturated rings. The standard InChI is InChI=1S/C16H20N2/c1-3-13-5-9-15(10-6-13)18(17)16-11-7-14(4-2)8-12-16/h5-12H,3-4,17H2,1-2H3. The van der Waals surface area contributed by atoms with Crippen LogP contribution in [0.1, 0.15) is 25.0 Å². The summed E-state index contributed by atoms with van der Waals surface area (Å²) < 4.78 is 0. The van der Waals surface area contributed by atoms with Gasteiger partial charge in [0, 0.05) is 0 Å². The summed E-state index contributed by atoms with van der Waals surface area (Å²) in [5, 5.41) is 1.72. The number of anilines is 2. The van der Waals surface area contributed by atoms with Gasteiger partial charge in [-0.2, -0.15) is 0 Å². The molecule has 0 aliphatic heterocycles. The van der Waals surface area contributed by atoms with Crippen LogP contribution in [0.4, 0.5) is 11.4 Å². The number of aryl methyl sites for hydroxylation is 2. The first-order chi connectivity index (χ1) is 8.74. The van der Waals surface area contributed by atoms with E-state index in [4.69, 9.17) is 5.84 Å². The molecule has 2 heteroatoms. The zero-order chi connectivity index (χ0) is 13.0. The van der Waals surface area contributed by atoms with Gasteiger partial charge in [0.1, 0.15) is 0 Å². The Balaban J connectivity index is 2.20. The van der Waals surface area contributed by atoms with Gasteiger partial charge in [-0.1, -0.05) is 38.1 Å². The van der Waals surface area contributed by atoms with E-state index in [2.05, 4.69) is 62.4 Å². The lowest BCUT2D eigenvalue weighted by Crippen LogP contribution is -2.24. The summed E-state index contributed by atoms with van der Waals surface area (Å²) in [6.07, 6.45) is 2.10. The fourth-order valence-electron chi connectivity index (χ4n) is 1.93. The van der Waals surface area contributed by atoms with Crippen LogP contribution in [0, 0.1) is 0 Å². The summed E-state index contributed by atoms with van der Waals surface area (Å²) in [4.78, 5) is 0. The number of hydrogen-bond acceptors (Lipinski definition) is 2. The van der Waals surface area contributed by atoms with E-state index in [0.29, 0.717) is 0 Å². The third-order valence-corrected chi connectivity index (χ3v) is 3.25. The molecule has 2 rings (SSSR count). The Kier molecular flexibility index (Phi) is 4.00. The number of rotatable bonds is 4. The van der Waals surface area contributed by atoms with Crippen molar-refractivity contribution in [1.29, 1.82) is 0 Å². The lowest BCUT2D eigenvalue weighted by molar-refractivity contribution is 1.07.